The highest BCUT2D eigenvalue weighted by atomic mass is 16.5. The van der Waals surface area contributed by atoms with Gasteiger partial charge < -0.3 is 14.9 Å². The van der Waals surface area contributed by atoms with E-state index in [9.17, 15) is 9.59 Å². The monoisotopic (exact) mass is 308 g/mol. The van der Waals surface area contributed by atoms with E-state index >= 15 is 0 Å². The minimum atomic E-state index is -0.796. The van der Waals surface area contributed by atoms with Crippen molar-refractivity contribution in [3.05, 3.63) is 17.0 Å². The summed E-state index contributed by atoms with van der Waals surface area (Å²) < 4.78 is 5.17. The molecular weight excluding hydrogens is 284 g/mol. The summed E-state index contributed by atoms with van der Waals surface area (Å²) in [4.78, 5) is 23.6. The van der Waals surface area contributed by atoms with Gasteiger partial charge in [0.2, 0.25) is 5.91 Å². The number of aryl methyl sites for hydroxylation is 2. The second kappa shape index (κ2) is 6.94. The Hall–Kier alpha value is -1.85. The first-order chi connectivity index (χ1) is 10.4. The summed E-state index contributed by atoms with van der Waals surface area (Å²) in [7, 11) is 0. The maximum Gasteiger partial charge on any atom is 0.306 e. The molecule has 3 unspecified atom stereocenters. The number of carboxylic acid groups (broad SMARTS) is 1. The molecule has 1 heterocycles. The molecule has 6 heteroatoms. The lowest BCUT2D eigenvalue weighted by Gasteiger charge is -2.27. The highest BCUT2D eigenvalue weighted by molar-refractivity contribution is 5.80. The highest BCUT2D eigenvalue weighted by Crippen LogP contribution is 2.31. The highest BCUT2D eigenvalue weighted by Gasteiger charge is 2.32. The van der Waals surface area contributed by atoms with Crippen LogP contribution in [0.5, 0.6) is 0 Å². The van der Waals surface area contributed by atoms with Gasteiger partial charge in [0, 0.05) is 11.5 Å². The fraction of sp³-hybridized carbons (Fsp3) is 0.688. The first-order valence-electron chi connectivity index (χ1n) is 7.90. The molecule has 1 amide bonds. The third-order valence-corrected chi connectivity index (χ3v) is 4.56. The number of aliphatic carboxylic acids is 1. The SMILES string of the molecule is CCC(NC(=O)C1CCCC(C(=O)O)C1)c1c(C)noc1C. The van der Waals surface area contributed by atoms with E-state index in [0.717, 1.165) is 36.3 Å². The van der Waals surface area contributed by atoms with E-state index in [2.05, 4.69) is 10.5 Å². The van der Waals surface area contributed by atoms with Crippen LogP contribution in [-0.4, -0.2) is 22.1 Å². The number of carboxylic acids is 1. The molecule has 1 aromatic rings. The van der Waals surface area contributed by atoms with Crippen molar-refractivity contribution in [1.29, 1.82) is 0 Å². The van der Waals surface area contributed by atoms with Crippen LogP contribution >= 0.6 is 0 Å². The van der Waals surface area contributed by atoms with E-state index in [1.165, 1.54) is 0 Å². The van der Waals surface area contributed by atoms with E-state index in [4.69, 9.17) is 9.63 Å². The van der Waals surface area contributed by atoms with Crippen LogP contribution < -0.4 is 5.32 Å². The summed E-state index contributed by atoms with van der Waals surface area (Å²) in [5, 5.41) is 16.1. The molecular formula is C16H24N2O4. The average Bonchev–Trinajstić information content (AvgIpc) is 2.84. The Morgan fingerprint density at radius 1 is 1.36 bits per heavy atom. The van der Waals surface area contributed by atoms with Crippen LogP contribution in [0.25, 0.3) is 0 Å². The van der Waals surface area contributed by atoms with Gasteiger partial charge in [-0.15, -0.1) is 0 Å². The zero-order valence-corrected chi connectivity index (χ0v) is 13.4. The number of carbonyl (C=O) groups is 2. The third kappa shape index (κ3) is 3.48. The van der Waals surface area contributed by atoms with Gasteiger partial charge in [0.25, 0.3) is 0 Å². The van der Waals surface area contributed by atoms with Crippen LogP contribution in [0.3, 0.4) is 0 Å². The first kappa shape index (κ1) is 16.5. The molecule has 0 bridgehead atoms. The van der Waals surface area contributed by atoms with Crippen LogP contribution in [0.15, 0.2) is 4.52 Å². The van der Waals surface area contributed by atoms with Gasteiger partial charge in [0.05, 0.1) is 17.7 Å². The van der Waals surface area contributed by atoms with Crippen molar-refractivity contribution >= 4 is 11.9 Å². The van der Waals surface area contributed by atoms with Crippen LogP contribution in [-0.2, 0) is 9.59 Å². The zero-order chi connectivity index (χ0) is 16.3. The number of nitrogens with one attached hydrogen (secondary N) is 1. The summed E-state index contributed by atoms with van der Waals surface area (Å²) in [6, 6.07) is -0.135. The Labute approximate surface area is 130 Å². The largest absolute Gasteiger partial charge is 0.481 e. The molecule has 0 radical (unpaired) electrons. The minimum Gasteiger partial charge on any atom is -0.481 e. The number of nitrogens with zero attached hydrogens (tertiary/aromatic N) is 1. The summed E-state index contributed by atoms with van der Waals surface area (Å²) >= 11 is 0. The number of hydrogen-bond acceptors (Lipinski definition) is 4. The Morgan fingerprint density at radius 2 is 2.05 bits per heavy atom. The first-order valence-corrected chi connectivity index (χ1v) is 7.90. The standard InChI is InChI=1S/C16H24N2O4/c1-4-13(14-9(2)18-22-10(14)3)17-15(19)11-6-5-7-12(8-11)16(20)21/h11-13H,4-8H2,1-3H3,(H,17,19)(H,20,21). The van der Waals surface area contributed by atoms with Gasteiger partial charge in [-0.2, -0.15) is 0 Å². The summed E-state index contributed by atoms with van der Waals surface area (Å²) in [6.07, 6.45) is 3.38. The number of rotatable bonds is 5. The Balaban J connectivity index is 2.05. The second-order valence-electron chi connectivity index (χ2n) is 6.11. The quantitative estimate of drug-likeness (QED) is 0.872. The van der Waals surface area contributed by atoms with Gasteiger partial charge in [-0.3, -0.25) is 9.59 Å². The predicted octanol–water partition coefficient (Wildman–Crippen LogP) is 2.75. The average molecular weight is 308 g/mol. The van der Waals surface area contributed by atoms with Gasteiger partial charge in [-0.05, 0) is 39.5 Å². The van der Waals surface area contributed by atoms with Gasteiger partial charge in [0.15, 0.2) is 0 Å². The Morgan fingerprint density at radius 3 is 2.59 bits per heavy atom. The van der Waals surface area contributed by atoms with E-state index < -0.39 is 11.9 Å². The second-order valence-corrected chi connectivity index (χ2v) is 6.11. The van der Waals surface area contributed by atoms with E-state index in [1.54, 1.807) is 0 Å². The van der Waals surface area contributed by atoms with Crippen molar-refractivity contribution in [2.45, 2.75) is 58.9 Å². The van der Waals surface area contributed by atoms with Crippen molar-refractivity contribution in [1.82, 2.24) is 10.5 Å². The van der Waals surface area contributed by atoms with Crippen LogP contribution in [0.2, 0.25) is 0 Å². The van der Waals surface area contributed by atoms with Crippen LogP contribution in [0.4, 0.5) is 0 Å². The number of amides is 1. The smallest absolute Gasteiger partial charge is 0.306 e. The molecule has 1 saturated carbocycles. The lowest BCUT2D eigenvalue weighted by atomic mass is 9.81. The molecule has 22 heavy (non-hydrogen) atoms. The molecule has 1 aromatic heterocycles. The molecule has 2 rings (SSSR count). The molecule has 0 saturated heterocycles. The zero-order valence-electron chi connectivity index (χ0n) is 13.4. The van der Waals surface area contributed by atoms with Gasteiger partial charge >= 0.3 is 5.97 Å². The summed E-state index contributed by atoms with van der Waals surface area (Å²) in [5.41, 5.74) is 1.72. The maximum atomic E-state index is 12.5. The molecule has 3 atom stereocenters. The fourth-order valence-corrected chi connectivity index (χ4v) is 3.31. The Kier molecular flexibility index (Phi) is 5.21. The molecule has 0 aliphatic heterocycles. The lowest BCUT2D eigenvalue weighted by molar-refractivity contribution is -0.144. The predicted molar refractivity (Wildman–Crippen MR) is 80.2 cm³/mol. The molecule has 1 aliphatic rings. The fourth-order valence-electron chi connectivity index (χ4n) is 3.31. The summed E-state index contributed by atoms with van der Waals surface area (Å²) in [5.74, 6) is -0.752. The molecule has 1 fully saturated rings. The maximum absolute atomic E-state index is 12.5. The molecule has 0 aromatic carbocycles. The van der Waals surface area contributed by atoms with Gasteiger partial charge in [0.1, 0.15) is 5.76 Å². The van der Waals surface area contributed by atoms with Crippen molar-refractivity contribution < 1.29 is 19.2 Å². The number of hydrogen-bond donors (Lipinski definition) is 2. The van der Waals surface area contributed by atoms with Crippen LogP contribution in [0.1, 0.15) is 62.1 Å². The van der Waals surface area contributed by atoms with Crippen molar-refractivity contribution in [2.75, 3.05) is 0 Å². The molecule has 1 aliphatic carbocycles. The number of carbonyl (C=O) groups excluding carboxylic acids is 1. The molecule has 0 spiro atoms. The Bertz CT molecular complexity index is 533. The van der Waals surface area contributed by atoms with E-state index in [1.807, 2.05) is 20.8 Å². The van der Waals surface area contributed by atoms with E-state index in [0.29, 0.717) is 12.8 Å². The van der Waals surface area contributed by atoms with E-state index in [-0.39, 0.29) is 17.9 Å². The van der Waals surface area contributed by atoms with Crippen LogP contribution in [0, 0.1) is 25.7 Å². The topological polar surface area (TPSA) is 92.4 Å². The normalized spacial score (nSPS) is 23.0. The van der Waals surface area contributed by atoms with Crippen molar-refractivity contribution in [3.63, 3.8) is 0 Å². The lowest BCUT2D eigenvalue weighted by Crippen LogP contribution is -2.37. The number of aromatic nitrogens is 1. The van der Waals surface area contributed by atoms with Gasteiger partial charge in [-0.25, -0.2) is 0 Å². The molecule has 122 valence electrons. The summed E-state index contributed by atoms with van der Waals surface area (Å²) in [6.45, 7) is 5.70. The van der Waals surface area contributed by atoms with Crippen molar-refractivity contribution in [2.24, 2.45) is 11.8 Å². The molecule has 6 nitrogen and oxygen atoms in total. The third-order valence-electron chi connectivity index (χ3n) is 4.56. The molecule has 2 N–H and O–H groups in total. The van der Waals surface area contributed by atoms with Crippen molar-refractivity contribution in [3.8, 4) is 0 Å². The minimum absolute atomic E-state index is 0.0576. The van der Waals surface area contributed by atoms with Gasteiger partial charge in [-0.1, -0.05) is 18.5 Å².